The molecule has 0 atom stereocenters. The van der Waals surface area contributed by atoms with E-state index >= 15 is 0 Å². The van der Waals surface area contributed by atoms with Gasteiger partial charge in [0.15, 0.2) is 0 Å². The van der Waals surface area contributed by atoms with Gasteiger partial charge in [0.2, 0.25) is 0 Å². The normalized spacial score (nSPS) is 10.0. The van der Waals surface area contributed by atoms with E-state index < -0.39 is 0 Å². The zero-order valence-electron chi connectivity index (χ0n) is 8.21. The van der Waals surface area contributed by atoms with Gasteiger partial charge < -0.3 is 0 Å². The van der Waals surface area contributed by atoms with Crippen molar-refractivity contribution in [3.63, 3.8) is 0 Å². The van der Waals surface area contributed by atoms with Gasteiger partial charge in [-0.15, -0.1) is 0 Å². The average Bonchev–Trinajstić information content (AvgIpc) is 2.21. The molecule has 0 aromatic heterocycles. The van der Waals surface area contributed by atoms with Crippen LogP contribution < -0.4 is 9.47 Å². The van der Waals surface area contributed by atoms with Crippen molar-refractivity contribution in [3.05, 3.63) is 22.7 Å². The van der Waals surface area contributed by atoms with E-state index in [4.69, 9.17) is 21.1 Å². The summed E-state index contributed by atoms with van der Waals surface area (Å²) >= 11 is 8.70. The van der Waals surface area contributed by atoms with Crippen LogP contribution in [0.4, 0.5) is 0 Å². The molecule has 0 unspecified atom stereocenters. The molecule has 76 valence electrons. The molecule has 0 amide bonds. The molecule has 2 radical (unpaired) electrons. The summed E-state index contributed by atoms with van der Waals surface area (Å²) in [5.41, 5.74) is 1.09. The van der Waals surface area contributed by atoms with E-state index in [-0.39, 0.29) is 0 Å². The molecule has 2 nitrogen and oxygen atoms in total. The van der Waals surface area contributed by atoms with Gasteiger partial charge in [0.05, 0.1) is 0 Å². The Morgan fingerprint density at radius 1 is 1.29 bits per heavy atom. The molecule has 0 fully saturated rings. The summed E-state index contributed by atoms with van der Waals surface area (Å²) in [6.07, 6.45) is 0.930. The Hall–Kier alpha value is -0.332. The Labute approximate surface area is 98.0 Å². The fourth-order valence-corrected chi connectivity index (χ4v) is 2.08. The van der Waals surface area contributed by atoms with Crippen LogP contribution in [0.2, 0.25) is 10.2 Å². The SMILES string of the molecule is COc1ccc(CC[As])c(Cl)c1OC. The van der Waals surface area contributed by atoms with Crippen LogP contribution in [0.5, 0.6) is 11.5 Å². The Bertz CT molecular complexity index is 315. The maximum atomic E-state index is 6.16. The molecule has 14 heavy (non-hydrogen) atoms. The maximum absolute atomic E-state index is 6.16. The van der Waals surface area contributed by atoms with E-state index in [0.717, 1.165) is 17.2 Å². The van der Waals surface area contributed by atoms with Crippen molar-refractivity contribution in [1.29, 1.82) is 0 Å². The van der Waals surface area contributed by atoms with E-state index in [1.165, 1.54) is 0 Å². The Balaban J connectivity index is 3.13. The molecule has 1 rings (SSSR count). The van der Waals surface area contributed by atoms with Crippen molar-refractivity contribution in [1.82, 2.24) is 0 Å². The van der Waals surface area contributed by atoms with Gasteiger partial charge in [-0.3, -0.25) is 0 Å². The molecule has 0 bridgehead atoms. The molecule has 0 saturated carbocycles. The molecular weight excluding hydrogens is 262 g/mol. The van der Waals surface area contributed by atoms with E-state index in [9.17, 15) is 0 Å². The third-order valence-corrected chi connectivity index (χ3v) is 2.83. The first-order valence-corrected chi connectivity index (χ1v) is 5.95. The number of ether oxygens (including phenoxy) is 2. The summed E-state index contributed by atoms with van der Waals surface area (Å²) in [4.78, 5) is 0. The first kappa shape index (κ1) is 11.7. The number of halogens is 1. The standard InChI is InChI=1S/C10H12AsClO2/c1-13-8-4-3-7(5-6-11)9(12)10(8)14-2/h3-4H,5-6H2,1-2H3. The first-order valence-electron chi connectivity index (χ1n) is 4.24. The number of aryl methyl sites for hydroxylation is 1. The van der Waals surface area contributed by atoms with Gasteiger partial charge in [-0.1, -0.05) is 0 Å². The van der Waals surface area contributed by atoms with Gasteiger partial charge in [0.25, 0.3) is 0 Å². The van der Waals surface area contributed by atoms with E-state index in [2.05, 4.69) is 16.9 Å². The van der Waals surface area contributed by atoms with Crippen molar-refractivity contribution in [2.75, 3.05) is 14.2 Å². The summed E-state index contributed by atoms with van der Waals surface area (Å²) in [6, 6.07) is 3.85. The van der Waals surface area contributed by atoms with Crippen molar-refractivity contribution in [3.8, 4) is 11.5 Å². The summed E-state index contributed by atoms with van der Waals surface area (Å²) < 4.78 is 10.3. The average molecular weight is 275 g/mol. The molecule has 0 aliphatic heterocycles. The number of rotatable bonds is 4. The predicted molar refractivity (Wildman–Crippen MR) is 58.8 cm³/mol. The van der Waals surface area contributed by atoms with Crippen LogP contribution in [-0.4, -0.2) is 31.1 Å². The van der Waals surface area contributed by atoms with E-state index in [1.807, 2.05) is 12.1 Å². The molecule has 1 aromatic rings. The third-order valence-electron chi connectivity index (χ3n) is 1.95. The summed E-state index contributed by atoms with van der Waals surface area (Å²) in [5.74, 6) is 1.29. The van der Waals surface area contributed by atoms with Crippen LogP contribution in [0.1, 0.15) is 5.56 Å². The summed E-state index contributed by atoms with van der Waals surface area (Å²) in [7, 11) is 3.19. The number of hydrogen-bond acceptors (Lipinski definition) is 2. The Kier molecular flexibility index (Phi) is 4.63. The second-order valence-corrected chi connectivity index (χ2v) is 4.06. The number of benzene rings is 1. The molecule has 4 heteroatoms. The summed E-state index contributed by atoms with van der Waals surface area (Å²) in [6.45, 7) is 0. The quantitative estimate of drug-likeness (QED) is 0.786. The molecule has 0 heterocycles. The molecule has 0 saturated heterocycles. The van der Waals surface area contributed by atoms with Crippen LogP contribution in [0.15, 0.2) is 12.1 Å². The number of methoxy groups -OCH3 is 2. The molecular formula is C10H12AsClO2. The second-order valence-electron chi connectivity index (χ2n) is 2.75. The van der Waals surface area contributed by atoms with Crippen molar-refractivity contribution in [2.45, 2.75) is 11.6 Å². The van der Waals surface area contributed by atoms with Crippen LogP contribution >= 0.6 is 11.6 Å². The van der Waals surface area contributed by atoms with Crippen LogP contribution in [0.25, 0.3) is 0 Å². The topological polar surface area (TPSA) is 18.5 Å². The zero-order chi connectivity index (χ0) is 10.6. The monoisotopic (exact) mass is 274 g/mol. The van der Waals surface area contributed by atoms with Gasteiger partial charge in [-0.05, 0) is 0 Å². The van der Waals surface area contributed by atoms with E-state index in [0.29, 0.717) is 16.5 Å². The fourth-order valence-electron chi connectivity index (χ4n) is 1.24. The van der Waals surface area contributed by atoms with Crippen LogP contribution in [0, 0.1) is 0 Å². The molecule has 0 spiro atoms. The predicted octanol–water partition coefficient (Wildman–Crippen LogP) is 2.49. The molecule has 0 aliphatic rings. The zero-order valence-corrected chi connectivity index (χ0v) is 10.8. The van der Waals surface area contributed by atoms with Gasteiger partial charge >= 0.3 is 98.0 Å². The van der Waals surface area contributed by atoms with Gasteiger partial charge in [0.1, 0.15) is 0 Å². The first-order chi connectivity index (χ1) is 6.74. The minimum absolute atomic E-state index is 0.618. The van der Waals surface area contributed by atoms with Gasteiger partial charge in [-0.25, -0.2) is 0 Å². The van der Waals surface area contributed by atoms with Crippen molar-refractivity contribution >= 4 is 28.5 Å². The molecule has 0 N–H and O–H groups in total. The second kappa shape index (κ2) is 5.53. The fraction of sp³-hybridized carbons (Fsp3) is 0.400. The molecule has 1 aromatic carbocycles. The Morgan fingerprint density at radius 3 is 2.50 bits per heavy atom. The number of hydrogen-bond donors (Lipinski definition) is 0. The van der Waals surface area contributed by atoms with Crippen molar-refractivity contribution < 1.29 is 9.47 Å². The van der Waals surface area contributed by atoms with E-state index in [1.54, 1.807) is 14.2 Å². The van der Waals surface area contributed by atoms with Crippen LogP contribution in [0.3, 0.4) is 0 Å². The third kappa shape index (κ3) is 2.37. The molecule has 0 aliphatic carbocycles. The van der Waals surface area contributed by atoms with Gasteiger partial charge in [-0.2, -0.15) is 0 Å². The van der Waals surface area contributed by atoms with Crippen LogP contribution in [-0.2, 0) is 6.42 Å². The Morgan fingerprint density at radius 2 is 2.00 bits per heavy atom. The minimum atomic E-state index is 0.618. The van der Waals surface area contributed by atoms with Crippen molar-refractivity contribution in [2.24, 2.45) is 0 Å². The summed E-state index contributed by atoms with van der Waals surface area (Å²) in [5, 5.41) is 1.65. The van der Waals surface area contributed by atoms with Gasteiger partial charge in [0, 0.05) is 0 Å².